The molecule has 0 aliphatic rings. The summed E-state index contributed by atoms with van der Waals surface area (Å²) in [6.45, 7) is 10.9. The number of Topliss-reactive ketones (excluding diaryl/α,β-unsaturated/α-hetero) is 1. The van der Waals surface area contributed by atoms with Crippen LogP contribution in [0.25, 0.3) is 0 Å². The summed E-state index contributed by atoms with van der Waals surface area (Å²) in [4.78, 5) is 26.6. The number of amides is 1. The first-order chi connectivity index (χ1) is 11.6. The van der Waals surface area contributed by atoms with Gasteiger partial charge in [-0.3, -0.25) is 4.79 Å². The smallest absolute Gasteiger partial charge is 0.419 e. The van der Waals surface area contributed by atoms with Crippen LogP contribution in [-0.2, 0) is 4.74 Å². The quantitative estimate of drug-likeness (QED) is 0.686. The summed E-state index contributed by atoms with van der Waals surface area (Å²) in [5, 5.41) is 0. The zero-order valence-corrected chi connectivity index (χ0v) is 15.7. The van der Waals surface area contributed by atoms with Crippen molar-refractivity contribution in [3.63, 3.8) is 0 Å². The zero-order valence-electron chi connectivity index (χ0n) is 15.7. The molecule has 0 aliphatic heterocycles. The lowest BCUT2D eigenvalue weighted by atomic mass is 10.0. The minimum Gasteiger partial charge on any atom is -0.443 e. The van der Waals surface area contributed by atoms with Crippen molar-refractivity contribution >= 4 is 23.3 Å². The van der Waals surface area contributed by atoms with E-state index < -0.39 is 11.7 Å². The van der Waals surface area contributed by atoms with E-state index in [2.05, 4.69) is 0 Å². The van der Waals surface area contributed by atoms with Crippen LogP contribution in [0.4, 0.5) is 16.2 Å². The number of anilines is 2. The van der Waals surface area contributed by atoms with Crippen LogP contribution in [0.15, 0.2) is 42.5 Å². The Morgan fingerprint density at radius 2 is 1.52 bits per heavy atom. The van der Waals surface area contributed by atoms with Gasteiger partial charge < -0.3 is 4.74 Å². The number of carbonyl (C=O) groups excluding carboxylic acids is 2. The molecular weight excluding hydrogens is 314 g/mol. The minimum atomic E-state index is -0.641. The van der Waals surface area contributed by atoms with Gasteiger partial charge >= 0.3 is 6.09 Å². The van der Waals surface area contributed by atoms with Crippen molar-refractivity contribution < 1.29 is 14.3 Å². The molecule has 0 atom stereocenters. The van der Waals surface area contributed by atoms with Gasteiger partial charge in [-0.05, 0) is 70.9 Å². The summed E-state index contributed by atoms with van der Waals surface area (Å²) in [6, 6.07) is 12.8. The van der Waals surface area contributed by atoms with Gasteiger partial charge in [-0.15, -0.1) is 0 Å². The summed E-state index contributed by atoms with van der Waals surface area (Å²) in [7, 11) is 0. The summed E-state index contributed by atoms with van der Waals surface area (Å²) in [5.41, 5.74) is 3.10. The Kier molecular flexibility index (Phi) is 5.31. The third kappa shape index (κ3) is 4.27. The van der Waals surface area contributed by atoms with Crippen LogP contribution in [0, 0.1) is 13.8 Å². The fourth-order valence-electron chi connectivity index (χ4n) is 2.58. The monoisotopic (exact) mass is 339 g/mol. The van der Waals surface area contributed by atoms with Crippen molar-refractivity contribution in [2.75, 3.05) is 4.90 Å². The van der Waals surface area contributed by atoms with E-state index in [9.17, 15) is 9.59 Å². The first-order valence-electron chi connectivity index (χ1n) is 8.31. The number of rotatable bonds is 3. The fraction of sp³-hybridized carbons (Fsp3) is 0.333. The van der Waals surface area contributed by atoms with E-state index >= 15 is 0 Å². The van der Waals surface area contributed by atoms with E-state index in [1.54, 1.807) is 18.2 Å². The van der Waals surface area contributed by atoms with Gasteiger partial charge in [0, 0.05) is 5.56 Å². The third-order valence-electron chi connectivity index (χ3n) is 3.92. The van der Waals surface area contributed by atoms with E-state index in [0.717, 1.165) is 11.1 Å². The molecule has 25 heavy (non-hydrogen) atoms. The molecule has 4 heteroatoms. The molecule has 0 N–H and O–H groups in total. The fourth-order valence-corrected chi connectivity index (χ4v) is 2.58. The Morgan fingerprint density at radius 3 is 2.12 bits per heavy atom. The molecule has 0 saturated heterocycles. The van der Waals surface area contributed by atoms with Crippen LogP contribution in [-0.4, -0.2) is 17.5 Å². The third-order valence-corrected chi connectivity index (χ3v) is 3.92. The Bertz CT molecular complexity index is 803. The van der Waals surface area contributed by atoms with E-state index in [1.165, 1.54) is 11.8 Å². The largest absolute Gasteiger partial charge is 0.443 e. The van der Waals surface area contributed by atoms with Crippen LogP contribution < -0.4 is 4.90 Å². The normalized spacial score (nSPS) is 11.1. The molecule has 0 heterocycles. The van der Waals surface area contributed by atoms with Crippen molar-refractivity contribution in [3.05, 3.63) is 59.2 Å². The maximum absolute atomic E-state index is 13.0. The maximum Gasteiger partial charge on any atom is 0.419 e. The second kappa shape index (κ2) is 7.09. The number of ether oxygens (including phenoxy) is 1. The van der Waals surface area contributed by atoms with Gasteiger partial charge in [0.15, 0.2) is 5.78 Å². The van der Waals surface area contributed by atoms with E-state index in [4.69, 9.17) is 4.74 Å². The van der Waals surface area contributed by atoms with Gasteiger partial charge in [0.1, 0.15) is 5.60 Å². The highest BCUT2D eigenvalue weighted by Gasteiger charge is 2.28. The standard InChI is InChI=1S/C21H25NO3/c1-14-10-9-13-18(15(14)2)22(20(24)25-21(4,5)6)19-12-8-7-11-17(19)16(3)23/h7-13H,1-6H3. The number of ketones is 1. The lowest BCUT2D eigenvalue weighted by Gasteiger charge is -2.30. The number of hydrogen-bond acceptors (Lipinski definition) is 3. The Hall–Kier alpha value is -2.62. The molecule has 0 bridgehead atoms. The van der Waals surface area contributed by atoms with Crippen molar-refractivity contribution in [3.8, 4) is 0 Å². The topological polar surface area (TPSA) is 46.6 Å². The highest BCUT2D eigenvalue weighted by Crippen LogP contribution is 2.34. The number of benzene rings is 2. The highest BCUT2D eigenvalue weighted by atomic mass is 16.6. The maximum atomic E-state index is 13.0. The summed E-state index contributed by atoms with van der Waals surface area (Å²) in [5.74, 6) is -0.102. The van der Waals surface area contributed by atoms with Crippen LogP contribution in [0.1, 0.15) is 49.2 Å². The van der Waals surface area contributed by atoms with E-state index in [0.29, 0.717) is 16.9 Å². The van der Waals surface area contributed by atoms with Crippen molar-refractivity contribution in [1.82, 2.24) is 0 Å². The number of hydrogen-bond donors (Lipinski definition) is 0. The van der Waals surface area contributed by atoms with Crippen molar-refractivity contribution in [2.45, 2.75) is 47.1 Å². The van der Waals surface area contributed by atoms with Crippen LogP contribution >= 0.6 is 0 Å². The van der Waals surface area contributed by atoms with Crippen LogP contribution in [0.5, 0.6) is 0 Å². The Labute approximate surface area is 149 Å². The molecule has 0 unspecified atom stereocenters. The molecule has 2 rings (SSSR count). The average Bonchev–Trinajstić information content (AvgIpc) is 2.50. The SMILES string of the molecule is CC(=O)c1ccccc1N(C(=O)OC(C)(C)C)c1cccc(C)c1C. The molecule has 4 nitrogen and oxygen atoms in total. The van der Waals surface area contributed by atoms with E-state index in [1.807, 2.05) is 58.9 Å². The highest BCUT2D eigenvalue weighted by molar-refractivity contribution is 6.06. The molecule has 0 aliphatic carbocycles. The lowest BCUT2D eigenvalue weighted by Crippen LogP contribution is -2.35. The second-order valence-corrected chi connectivity index (χ2v) is 7.11. The second-order valence-electron chi connectivity index (χ2n) is 7.11. The van der Waals surface area contributed by atoms with Crippen molar-refractivity contribution in [1.29, 1.82) is 0 Å². The molecular formula is C21H25NO3. The molecule has 0 aromatic heterocycles. The zero-order chi connectivity index (χ0) is 18.8. The van der Waals surface area contributed by atoms with Gasteiger partial charge in [0.2, 0.25) is 0 Å². The Balaban J connectivity index is 2.68. The summed E-state index contributed by atoms with van der Waals surface area (Å²) < 4.78 is 5.61. The first-order valence-corrected chi connectivity index (χ1v) is 8.31. The lowest BCUT2D eigenvalue weighted by molar-refractivity contribution is 0.0599. The molecule has 2 aromatic rings. The van der Waals surface area contributed by atoms with E-state index in [-0.39, 0.29) is 5.78 Å². The number of nitrogens with zero attached hydrogens (tertiary/aromatic N) is 1. The predicted octanol–water partition coefficient (Wildman–Crippen LogP) is 5.58. The minimum absolute atomic E-state index is 0.102. The molecule has 0 spiro atoms. The summed E-state index contributed by atoms with van der Waals surface area (Å²) in [6.07, 6.45) is -0.505. The summed E-state index contributed by atoms with van der Waals surface area (Å²) >= 11 is 0. The predicted molar refractivity (Wildman–Crippen MR) is 101 cm³/mol. The molecule has 0 saturated carbocycles. The van der Waals surface area contributed by atoms with Crippen LogP contribution in [0.2, 0.25) is 0 Å². The molecule has 132 valence electrons. The Morgan fingerprint density at radius 1 is 0.920 bits per heavy atom. The molecule has 2 aromatic carbocycles. The molecule has 1 amide bonds. The number of carbonyl (C=O) groups is 2. The van der Waals surface area contributed by atoms with Gasteiger partial charge in [-0.1, -0.05) is 24.3 Å². The van der Waals surface area contributed by atoms with Gasteiger partial charge in [0.05, 0.1) is 11.4 Å². The number of aryl methyl sites for hydroxylation is 1. The van der Waals surface area contributed by atoms with Crippen LogP contribution in [0.3, 0.4) is 0 Å². The van der Waals surface area contributed by atoms with Gasteiger partial charge in [-0.2, -0.15) is 0 Å². The van der Waals surface area contributed by atoms with Crippen molar-refractivity contribution in [2.24, 2.45) is 0 Å². The van der Waals surface area contributed by atoms with Gasteiger partial charge in [-0.25, -0.2) is 9.69 Å². The first kappa shape index (κ1) is 18.7. The molecule has 0 fully saturated rings. The van der Waals surface area contributed by atoms with Gasteiger partial charge in [0.25, 0.3) is 0 Å². The average molecular weight is 339 g/mol. The molecule has 0 radical (unpaired) electrons. The number of para-hydroxylation sites is 1.